The van der Waals surface area contributed by atoms with Gasteiger partial charge in [-0.1, -0.05) is 35.9 Å². The standard InChI is InChI=1S/C27H21ClN2O3/c1-17-12-13-33-25(17)26(31)29-23-9-6-18(7-10-23)27(32)30-16-20-5-3-2-4-19(20)14-21-15-22(28)8-11-24(21)30/h2-13,15H,14,16H2,1H3,(H,29,31). The third-order valence-electron chi connectivity index (χ3n) is 5.86. The molecule has 0 spiro atoms. The van der Waals surface area contributed by atoms with Gasteiger partial charge in [0.15, 0.2) is 5.76 Å². The van der Waals surface area contributed by atoms with Gasteiger partial charge in [-0.15, -0.1) is 0 Å². The number of anilines is 2. The minimum Gasteiger partial charge on any atom is -0.459 e. The van der Waals surface area contributed by atoms with Crippen LogP contribution in [-0.2, 0) is 13.0 Å². The first-order chi connectivity index (χ1) is 16.0. The molecule has 0 bridgehead atoms. The van der Waals surface area contributed by atoms with Gasteiger partial charge >= 0.3 is 0 Å². The molecule has 0 aliphatic carbocycles. The van der Waals surface area contributed by atoms with Crippen LogP contribution in [0.25, 0.3) is 0 Å². The summed E-state index contributed by atoms with van der Waals surface area (Å²) in [6.07, 6.45) is 2.20. The summed E-state index contributed by atoms with van der Waals surface area (Å²) in [6, 6.07) is 22.4. The van der Waals surface area contributed by atoms with Crippen molar-refractivity contribution in [1.29, 1.82) is 0 Å². The molecule has 1 aliphatic rings. The van der Waals surface area contributed by atoms with E-state index in [9.17, 15) is 9.59 Å². The van der Waals surface area contributed by atoms with E-state index in [1.54, 1.807) is 35.2 Å². The van der Waals surface area contributed by atoms with E-state index in [1.807, 2.05) is 37.3 Å². The van der Waals surface area contributed by atoms with Crippen LogP contribution in [0.1, 0.15) is 43.2 Å². The van der Waals surface area contributed by atoms with Crippen molar-refractivity contribution in [1.82, 2.24) is 0 Å². The van der Waals surface area contributed by atoms with Crippen LogP contribution in [0.4, 0.5) is 11.4 Å². The third-order valence-corrected chi connectivity index (χ3v) is 6.10. The SMILES string of the molecule is Cc1ccoc1C(=O)Nc1ccc(C(=O)N2Cc3ccccc3Cc3cc(Cl)ccc32)cc1. The maximum atomic E-state index is 13.6. The highest BCUT2D eigenvalue weighted by Gasteiger charge is 2.25. The van der Waals surface area contributed by atoms with Crippen LogP contribution in [0.3, 0.4) is 0 Å². The molecule has 4 aromatic rings. The zero-order valence-electron chi connectivity index (χ0n) is 18.0. The fourth-order valence-electron chi connectivity index (χ4n) is 4.13. The Bertz CT molecular complexity index is 1360. The number of fused-ring (bicyclic) bond motifs is 2. The van der Waals surface area contributed by atoms with Gasteiger partial charge in [-0.05, 0) is 78.6 Å². The van der Waals surface area contributed by atoms with Gasteiger partial charge < -0.3 is 14.6 Å². The maximum absolute atomic E-state index is 13.6. The molecule has 5 rings (SSSR count). The molecule has 1 aromatic heterocycles. The zero-order chi connectivity index (χ0) is 22.9. The first-order valence-electron chi connectivity index (χ1n) is 10.6. The van der Waals surface area contributed by atoms with Crippen LogP contribution in [-0.4, -0.2) is 11.8 Å². The Hall–Kier alpha value is -3.83. The number of nitrogens with one attached hydrogen (secondary N) is 1. The van der Waals surface area contributed by atoms with Crippen molar-refractivity contribution in [3.8, 4) is 0 Å². The van der Waals surface area contributed by atoms with Crippen LogP contribution in [0.5, 0.6) is 0 Å². The van der Waals surface area contributed by atoms with Gasteiger partial charge in [0, 0.05) is 27.5 Å². The van der Waals surface area contributed by atoms with Crippen molar-refractivity contribution in [2.75, 3.05) is 10.2 Å². The molecule has 0 saturated heterocycles. The maximum Gasteiger partial charge on any atom is 0.291 e. The first-order valence-corrected chi connectivity index (χ1v) is 11.0. The Labute approximate surface area is 196 Å². The first kappa shape index (κ1) is 21.0. The average Bonchev–Trinajstić information content (AvgIpc) is 3.17. The third kappa shape index (κ3) is 4.15. The number of benzene rings is 3. The second-order valence-electron chi connectivity index (χ2n) is 8.07. The fourth-order valence-corrected chi connectivity index (χ4v) is 4.32. The van der Waals surface area contributed by atoms with Gasteiger partial charge in [0.1, 0.15) is 0 Å². The summed E-state index contributed by atoms with van der Waals surface area (Å²) in [5.74, 6) is -0.171. The topological polar surface area (TPSA) is 62.6 Å². The van der Waals surface area contributed by atoms with Gasteiger partial charge in [0.05, 0.1) is 12.8 Å². The Morgan fingerprint density at radius 2 is 1.70 bits per heavy atom. The number of carbonyl (C=O) groups is 2. The van der Waals surface area contributed by atoms with E-state index in [4.69, 9.17) is 16.0 Å². The van der Waals surface area contributed by atoms with Gasteiger partial charge in [0.2, 0.25) is 0 Å². The summed E-state index contributed by atoms with van der Waals surface area (Å²) in [7, 11) is 0. The van der Waals surface area contributed by atoms with Crippen molar-refractivity contribution in [2.45, 2.75) is 19.9 Å². The van der Waals surface area contributed by atoms with E-state index in [0.29, 0.717) is 29.2 Å². The van der Waals surface area contributed by atoms with Crippen LogP contribution >= 0.6 is 11.6 Å². The van der Waals surface area contributed by atoms with Crippen molar-refractivity contribution in [2.24, 2.45) is 0 Å². The number of amides is 2. The number of halogens is 1. The lowest BCUT2D eigenvalue weighted by Crippen LogP contribution is -2.30. The second kappa shape index (κ2) is 8.60. The average molecular weight is 457 g/mol. The van der Waals surface area contributed by atoms with Crippen LogP contribution in [0.15, 0.2) is 83.5 Å². The van der Waals surface area contributed by atoms with Crippen LogP contribution in [0.2, 0.25) is 5.02 Å². The highest BCUT2D eigenvalue weighted by molar-refractivity contribution is 6.30. The molecule has 1 N–H and O–H groups in total. The summed E-state index contributed by atoms with van der Waals surface area (Å²) in [6.45, 7) is 2.28. The minimum atomic E-state index is -0.327. The van der Waals surface area contributed by atoms with Gasteiger partial charge in [-0.2, -0.15) is 0 Å². The number of hydrogen-bond donors (Lipinski definition) is 1. The Kier molecular flexibility index (Phi) is 5.48. The highest BCUT2D eigenvalue weighted by Crippen LogP contribution is 2.33. The molecule has 33 heavy (non-hydrogen) atoms. The molecule has 5 nitrogen and oxygen atoms in total. The largest absolute Gasteiger partial charge is 0.459 e. The molecule has 0 unspecified atom stereocenters. The fraction of sp³-hybridized carbons (Fsp3) is 0.111. The van der Waals surface area contributed by atoms with E-state index in [0.717, 1.165) is 22.4 Å². The van der Waals surface area contributed by atoms with E-state index in [-0.39, 0.29) is 17.6 Å². The lowest BCUT2D eigenvalue weighted by atomic mass is 10.0. The number of furan rings is 1. The minimum absolute atomic E-state index is 0.116. The van der Waals surface area contributed by atoms with Crippen molar-refractivity contribution in [3.63, 3.8) is 0 Å². The summed E-state index contributed by atoms with van der Waals surface area (Å²) in [4.78, 5) is 27.7. The molecule has 2 heterocycles. The molecular formula is C27H21ClN2O3. The molecule has 0 atom stereocenters. The predicted octanol–water partition coefficient (Wildman–Crippen LogP) is 6.24. The lowest BCUT2D eigenvalue weighted by molar-refractivity contribution is 0.0982. The monoisotopic (exact) mass is 456 g/mol. The highest BCUT2D eigenvalue weighted by atomic mass is 35.5. The van der Waals surface area contributed by atoms with E-state index >= 15 is 0 Å². The van der Waals surface area contributed by atoms with Crippen LogP contribution < -0.4 is 10.2 Å². The number of nitrogens with zero attached hydrogens (tertiary/aromatic N) is 1. The van der Waals surface area contributed by atoms with Crippen molar-refractivity contribution < 1.29 is 14.0 Å². The van der Waals surface area contributed by atoms with Crippen molar-refractivity contribution in [3.05, 3.63) is 118 Å². The molecular weight excluding hydrogens is 436 g/mol. The molecule has 3 aromatic carbocycles. The van der Waals surface area contributed by atoms with E-state index in [2.05, 4.69) is 17.4 Å². The normalized spacial score (nSPS) is 12.5. The van der Waals surface area contributed by atoms with Gasteiger partial charge in [-0.3, -0.25) is 9.59 Å². The number of aryl methyl sites for hydroxylation is 1. The molecule has 6 heteroatoms. The second-order valence-corrected chi connectivity index (χ2v) is 8.51. The van der Waals surface area contributed by atoms with Crippen LogP contribution in [0, 0.1) is 6.92 Å². The van der Waals surface area contributed by atoms with E-state index in [1.165, 1.54) is 11.8 Å². The summed E-state index contributed by atoms with van der Waals surface area (Å²) < 4.78 is 5.24. The lowest BCUT2D eigenvalue weighted by Gasteiger charge is -2.24. The number of carbonyl (C=O) groups excluding carboxylic acids is 2. The zero-order valence-corrected chi connectivity index (χ0v) is 18.7. The molecule has 0 fully saturated rings. The Balaban J connectivity index is 1.43. The molecule has 1 aliphatic heterocycles. The van der Waals surface area contributed by atoms with Gasteiger partial charge in [-0.25, -0.2) is 0 Å². The Morgan fingerprint density at radius 3 is 2.42 bits per heavy atom. The summed E-state index contributed by atoms with van der Waals surface area (Å²) in [5, 5.41) is 3.45. The number of hydrogen-bond acceptors (Lipinski definition) is 3. The van der Waals surface area contributed by atoms with E-state index < -0.39 is 0 Å². The van der Waals surface area contributed by atoms with Crippen molar-refractivity contribution >= 4 is 34.8 Å². The smallest absolute Gasteiger partial charge is 0.291 e. The molecule has 2 amide bonds. The molecule has 0 saturated carbocycles. The predicted molar refractivity (Wildman–Crippen MR) is 129 cm³/mol. The summed E-state index contributed by atoms with van der Waals surface area (Å²) in [5.41, 5.74) is 6.03. The quantitative estimate of drug-likeness (QED) is 0.396. The number of rotatable bonds is 3. The summed E-state index contributed by atoms with van der Waals surface area (Å²) >= 11 is 6.26. The molecule has 0 radical (unpaired) electrons. The Morgan fingerprint density at radius 1 is 0.939 bits per heavy atom. The molecule has 164 valence electrons. The van der Waals surface area contributed by atoms with Gasteiger partial charge in [0.25, 0.3) is 11.8 Å².